The zero-order chi connectivity index (χ0) is 13.2. The molecule has 1 aromatic rings. The lowest BCUT2D eigenvalue weighted by atomic mass is 9.99. The molecule has 18 heavy (non-hydrogen) atoms. The number of rotatable bonds is 3. The van der Waals surface area contributed by atoms with Gasteiger partial charge in [-0.05, 0) is 45.0 Å². The van der Waals surface area contributed by atoms with Crippen LogP contribution in [0.5, 0.6) is 0 Å². The predicted octanol–water partition coefficient (Wildman–Crippen LogP) is 1.84. The summed E-state index contributed by atoms with van der Waals surface area (Å²) < 4.78 is 0. The van der Waals surface area contributed by atoms with Gasteiger partial charge in [0.25, 0.3) is 0 Å². The Kier molecular flexibility index (Phi) is 3.93. The summed E-state index contributed by atoms with van der Waals surface area (Å²) in [6, 6.07) is 8.25. The Morgan fingerprint density at radius 1 is 1.17 bits per heavy atom. The molecule has 0 aliphatic carbocycles. The largest absolute Gasteiger partial charge is 0.399 e. The van der Waals surface area contributed by atoms with Gasteiger partial charge in [-0.15, -0.1) is 0 Å². The molecular weight excluding hydrogens is 222 g/mol. The lowest BCUT2D eigenvalue weighted by molar-refractivity contribution is 0.0407. The van der Waals surface area contributed by atoms with E-state index < -0.39 is 0 Å². The number of nitrogen functional groups attached to an aromatic ring is 1. The molecule has 0 radical (unpaired) electrons. The molecule has 2 N–H and O–H groups in total. The van der Waals surface area contributed by atoms with Crippen molar-refractivity contribution >= 4 is 5.69 Å². The summed E-state index contributed by atoms with van der Waals surface area (Å²) >= 11 is 0. The van der Waals surface area contributed by atoms with Crippen molar-refractivity contribution < 1.29 is 0 Å². The second-order valence-electron chi connectivity index (χ2n) is 6.00. The maximum absolute atomic E-state index is 5.70. The number of likely N-dealkylation sites (N-methyl/N-ethyl adjacent to an activating group) is 1. The summed E-state index contributed by atoms with van der Waals surface area (Å²) in [7, 11) is 2.22. The molecule has 0 bridgehead atoms. The second kappa shape index (κ2) is 5.29. The number of benzene rings is 1. The molecule has 0 amide bonds. The van der Waals surface area contributed by atoms with E-state index in [2.05, 4.69) is 42.8 Å². The summed E-state index contributed by atoms with van der Waals surface area (Å²) in [6.07, 6.45) is 1.11. The summed E-state index contributed by atoms with van der Waals surface area (Å²) in [6.45, 7) is 9.27. The summed E-state index contributed by atoms with van der Waals surface area (Å²) in [5.74, 6) is 0. The van der Waals surface area contributed by atoms with Crippen LogP contribution in [0.1, 0.15) is 19.4 Å². The molecule has 100 valence electrons. The highest BCUT2D eigenvalue weighted by atomic mass is 15.3. The van der Waals surface area contributed by atoms with Gasteiger partial charge in [-0.25, -0.2) is 0 Å². The first kappa shape index (κ1) is 13.4. The van der Waals surface area contributed by atoms with Crippen LogP contribution in [0.25, 0.3) is 0 Å². The number of hydrogen-bond acceptors (Lipinski definition) is 3. The first-order chi connectivity index (χ1) is 8.47. The number of hydrogen-bond donors (Lipinski definition) is 1. The molecule has 0 atom stereocenters. The van der Waals surface area contributed by atoms with Gasteiger partial charge in [-0.2, -0.15) is 0 Å². The molecular formula is C15H25N3. The summed E-state index contributed by atoms with van der Waals surface area (Å²) in [5.41, 5.74) is 8.21. The van der Waals surface area contributed by atoms with Gasteiger partial charge in [-0.1, -0.05) is 12.1 Å². The van der Waals surface area contributed by atoms with E-state index in [1.165, 1.54) is 12.1 Å². The fourth-order valence-electron chi connectivity index (χ4n) is 2.50. The van der Waals surface area contributed by atoms with Crippen LogP contribution < -0.4 is 5.73 Å². The first-order valence-electron chi connectivity index (χ1n) is 6.75. The van der Waals surface area contributed by atoms with Crippen LogP contribution in [-0.2, 0) is 6.42 Å². The number of nitrogens with zero attached hydrogens (tertiary/aromatic N) is 2. The van der Waals surface area contributed by atoms with E-state index in [4.69, 9.17) is 5.73 Å². The van der Waals surface area contributed by atoms with Crippen LogP contribution in [0.4, 0.5) is 5.69 Å². The second-order valence-corrected chi connectivity index (χ2v) is 6.00. The summed E-state index contributed by atoms with van der Waals surface area (Å²) in [5, 5.41) is 0. The Hall–Kier alpha value is -1.06. The zero-order valence-electron chi connectivity index (χ0n) is 11.8. The average Bonchev–Trinajstić information content (AvgIpc) is 2.32. The van der Waals surface area contributed by atoms with Crippen LogP contribution in [0.2, 0.25) is 0 Å². The van der Waals surface area contributed by atoms with Crippen LogP contribution in [-0.4, -0.2) is 48.6 Å². The van der Waals surface area contributed by atoms with E-state index in [1.54, 1.807) is 0 Å². The third-order valence-electron chi connectivity index (χ3n) is 4.09. The van der Waals surface area contributed by atoms with Gasteiger partial charge in [-0.3, -0.25) is 9.80 Å². The zero-order valence-corrected chi connectivity index (χ0v) is 11.8. The van der Waals surface area contributed by atoms with Gasteiger partial charge in [0.1, 0.15) is 0 Å². The van der Waals surface area contributed by atoms with Gasteiger partial charge in [0.15, 0.2) is 0 Å². The van der Waals surface area contributed by atoms with Crippen LogP contribution >= 0.6 is 0 Å². The molecule has 1 aliphatic rings. The maximum Gasteiger partial charge on any atom is 0.0314 e. The van der Waals surface area contributed by atoms with Crippen molar-refractivity contribution in [2.24, 2.45) is 0 Å². The van der Waals surface area contributed by atoms with E-state index in [1.807, 2.05) is 12.1 Å². The smallest absolute Gasteiger partial charge is 0.0314 e. The summed E-state index contributed by atoms with van der Waals surface area (Å²) in [4.78, 5) is 5.02. The van der Waals surface area contributed by atoms with Crippen molar-refractivity contribution in [1.82, 2.24) is 9.80 Å². The van der Waals surface area contributed by atoms with Crippen molar-refractivity contribution in [2.45, 2.75) is 25.8 Å². The third-order valence-corrected chi connectivity index (χ3v) is 4.09. The minimum absolute atomic E-state index is 0.291. The lowest BCUT2D eigenvalue weighted by Gasteiger charge is -2.45. The van der Waals surface area contributed by atoms with E-state index in [-0.39, 0.29) is 0 Å². The quantitative estimate of drug-likeness (QED) is 0.827. The molecule has 0 saturated carbocycles. The van der Waals surface area contributed by atoms with Crippen molar-refractivity contribution in [1.29, 1.82) is 0 Å². The van der Waals surface area contributed by atoms with E-state index in [0.29, 0.717) is 5.54 Å². The van der Waals surface area contributed by atoms with Gasteiger partial charge >= 0.3 is 0 Å². The molecule has 1 aliphatic heterocycles. The molecule has 0 unspecified atom stereocenters. The van der Waals surface area contributed by atoms with E-state index in [0.717, 1.165) is 31.7 Å². The molecule has 3 heteroatoms. The highest BCUT2D eigenvalue weighted by Crippen LogP contribution is 2.19. The number of nitrogens with two attached hydrogens (primary N) is 1. The number of piperazine rings is 1. The Morgan fingerprint density at radius 2 is 1.83 bits per heavy atom. The Bertz CT molecular complexity index is 383. The first-order valence-corrected chi connectivity index (χ1v) is 6.75. The van der Waals surface area contributed by atoms with Gasteiger partial charge in [0.2, 0.25) is 0 Å². The average molecular weight is 247 g/mol. The Morgan fingerprint density at radius 3 is 2.44 bits per heavy atom. The highest BCUT2D eigenvalue weighted by molar-refractivity contribution is 5.39. The fourth-order valence-corrected chi connectivity index (χ4v) is 2.50. The fraction of sp³-hybridized carbons (Fsp3) is 0.600. The Balaban J connectivity index is 1.86. The van der Waals surface area contributed by atoms with Crippen LogP contribution in [0.15, 0.2) is 24.3 Å². The predicted molar refractivity (Wildman–Crippen MR) is 77.7 cm³/mol. The molecule has 0 aromatic heterocycles. The number of anilines is 1. The minimum atomic E-state index is 0.291. The third kappa shape index (κ3) is 3.24. The highest BCUT2D eigenvalue weighted by Gasteiger charge is 2.30. The topological polar surface area (TPSA) is 32.5 Å². The molecule has 2 rings (SSSR count). The van der Waals surface area contributed by atoms with Crippen molar-refractivity contribution in [3.05, 3.63) is 29.8 Å². The Labute approximate surface area is 111 Å². The minimum Gasteiger partial charge on any atom is -0.399 e. The van der Waals surface area contributed by atoms with Crippen LogP contribution in [0, 0.1) is 0 Å². The molecule has 0 spiro atoms. The molecule has 1 heterocycles. The normalized spacial score (nSPS) is 21.1. The monoisotopic (exact) mass is 247 g/mol. The standard InChI is InChI=1S/C15H25N3/c1-15(2)12-18(11-10-17(15)3)9-8-13-4-6-14(16)7-5-13/h4-7H,8-12,16H2,1-3H3. The molecule has 3 nitrogen and oxygen atoms in total. The molecule has 1 fully saturated rings. The van der Waals surface area contributed by atoms with Crippen LogP contribution in [0.3, 0.4) is 0 Å². The lowest BCUT2D eigenvalue weighted by Crippen LogP contribution is -2.57. The SMILES string of the molecule is CN1CCN(CCc2ccc(N)cc2)CC1(C)C. The van der Waals surface area contributed by atoms with Crippen molar-refractivity contribution in [2.75, 3.05) is 39.0 Å². The maximum atomic E-state index is 5.70. The van der Waals surface area contributed by atoms with E-state index in [9.17, 15) is 0 Å². The van der Waals surface area contributed by atoms with E-state index >= 15 is 0 Å². The van der Waals surface area contributed by atoms with Gasteiger partial charge in [0, 0.05) is 37.4 Å². The molecule has 1 aromatic carbocycles. The van der Waals surface area contributed by atoms with Gasteiger partial charge in [0.05, 0.1) is 0 Å². The van der Waals surface area contributed by atoms with Crippen molar-refractivity contribution in [3.8, 4) is 0 Å². The van der Waals surface area contributed by atoms with Crippen molar-refractivity contribution in [3.63, 3.8) is 0 Å². The van der Waals surface area contributed by atoms with Gasteiger partial charge < -0.3 is 5.73 Å². The molecule has 1 saturated heterocycles.